The summed E-state index contributed by atoms with van der Waals surface area (Å²) in [6.07, 6.45) is 1.82. The predicted octanol–water partition coefficient (Wildman–Crippen LogP) is 5.51. The minimum absolute atomic E-state index is 0.183. The van der Waals surface area contributed by atoms with Crippen LogP contribution >= 0.6 is 0 Å². The smallest absolute Gasteiger partial charge is 0.255 e. The molecule has 1 aliphatic heterocycles. The highest BCUT2D eigenvalue weighted by Crippen LogP contribution is 2.26. The van der Waals surface area contributed by atoms with Gasteiger partial charge in [-0.25, -0.2) is 8.42 Å². The number of sulfonamides is 1. The number of nitrogens with one attached hydrogen (secondary N) is 1. The Kier molecular flexibility index (Phi) is 6.44. The molecule has 1 aliphatic rings. The summed E-state index contributed by atoms with van der Waals surface area (Å²) in [7, 11) is -3.43. The molecule has 3 aromatic rings. The average molecular weight is 449 g/mol. The zero-order chi connectivity index (χ0) is 22.7. The van der Waals surface area contributed by atoms with Gasteiger partial charge in [-0.1, -0.05) is 50.2 Å². The molecular weight excluding hydrogens is 420 g/mol. The van der Waals surface area contributed by atoms with E-state index in [1.54, 1.807) is 34.6 Å². The van der Waals surface area contributed by atoms with Gasteiger partial charge < -0.3 is 5.32 Å². The second kappa shape index (κ2) is 9.27. The molecule has 5 nitrogen and oxygen atoms in total. The number of hydrogen-bond donors (Lipinski definition) is 1. The number of amides is 1. The van der Waals surface area contributed by atoms with Crippen molar-refractivity contribution in [1.82, 2.24) is 4.31 Å². The van der Waals surface area contributed by atoms with Crippen molar-refractivity contribution in [1.29, 1.82) is 0 Å². The van der Waals surface area contributed by atoms with E-state index in [1.807, 2.05) is 42.5 Å². The molecule has 1 amide bonds. The first-order valence-electron chi connectivity index (χ1n) is 11.0. The lowest BCUT2D eigenvalue weighted by molar-refractivity contribution is 0.102. The molecule has 0 radical (unpaired) electrons. The fourth-order valence-corrected chi connectivity index (χ4v) is 5.41. The van der Waals surface area contributed by atoms with Crippen molar-refractivity contribution in [3.8, 4) is 11.1 Å². The Morgan fingerprint density at radius 3 is 2.16 bits per heavy atom. The fourth-order valence-electron chi connectivity index (χ4n) is 3.89. The normalized spacial score (nSPS) is 14.6. The largest absolute Gasteiger partial charge is 0.322 e. The molecular formula is C26H28N2O3S. The molecule has 1 fully saturated rings. The van der Waals surface area contributed by atoms with E-state index in [4.69, 9.17) is 0 Å². The highest BCUT2D eigenvalue weighted by atomic mass is 32.2. The summed E-state index contributed by atoms with van der Waals surface area (Å²) >= 11 is 0. The van der Waals surface area contributed by atoms with Crippen molar-refractivity contribution in [2.24, 2.45) is 0 Å². The Bertz CT molecular complexity index is 1190. The van der Waals surface area contributed by atoms with Gasteiger partial charge in [-0.2, -0.15) is 4.31 Å². The van der Waals surface area contributed by atoms with Crippen LogP contribution in [0.2, 0.25) is 0 Å². The first-order valence-corrected chi connectivity index (χ1v) is 12.4. The second-order valence-electron chi connectivity index (χ2n) is 8.45. The van der Waals surface area contributed by atoms with Crippen LogP contribution in [-0.2, 0) is 10.0 Å². The standard InChI is InChI=1S/C26H28N2O3S/c1-19(2)20-8-12-24(13-9-20)27-26(29)23-7-5-6-22(18-23)21-10-14-25(15-11-21)32(30,31)28-16-3-4-17-28/h5-15,18-19H,3-4,16-17H2,1-2H3,(H,27,29). The summed E-state index contributed by atoms with van der Waals surface area (Å²) in [6.45, 7) is 5.43. The maximum Gasteiger partial charge on any atom is 0.255 e. The minimum atomic E-state index is -3.43. The van der Waals surface area contributed by atoms with E-state index >= 15 is 0 Å². The fraction of sp³-hybridized carbons (Fsp3) is 0.269. The number of carbonyl (C=O) groups is 1. The van der Waals surface area contributed by atoms with Crippen LogP contribution in [0.15, 0.2) is 77.7 Å². The third-order valence-electron chi connectivity index (χ3n) is 5.85. The lowest BCUT2D eigenvalue weighted by atomic mass is 10.0. The van der Waals surface area contributed by atoms with Gasteiger partial charge in [0.15, 0.2) is 0 Å². The summed E-state index contributed by atoms with van der Waals surface area (Å²) in [5.41, 5.74) is 4.24. The zero-order valence-corrected chi connectivity index (χ0v) is 19.2. The molecule has 6 heteroatoms. The minimum Gasteiger partial charge on any atom is -0.322 e. The van der Waals surface area contributed by atoms with E-state index in [9.17, 15) is 13.2 Å². The van der Waals surface area contributed by atoms with Gasteiger partial charge in [0.25, 0.3) is 5.91 Å². The van der Waals surface area contributed by atoms with Gasteiger partial charge in [0.2, 0.25) is 10.0 Å². The molecule has 1 saturated heterocycles. The zero-order valence-electron chi connectivity index (χ0n) is 18.4. The monoisotopic (exact) mass is 448 g/mol. The quantitative estimate of drug-likeness (QED) is 0.540. The molecule has 1 N–H and O–H groups in total. The van der Waals surface area contributed by atoms with E-state index in [1.165, 1.54) is 5.56 Å². The van der Waals surface area contributed by atoms with Gasteiger partial charge >= 0.3 is 0 Å². The SMILES string of the molecule is CC(C)c1ccc(NC(=O)c2cccc(-c3ccc(S(=O)(=O)N4CCCC4)cc3)c2)cc1. The Morgan fingerprint density at radius 2 is 1.53 bits per heavy atom. The van der Waals surface area contributed by atoms with Gasteiger partial charge in [0.05, 0.1) is 4.90 Å². The van der Waals surface area contributed by atoms with Crippen LogP contribution in [-0.4, -0.2) is 31.7 Å². The van der Waals surface area contributed by atoms with E-state index in [0.29, 0.717) is 29.5 Å². The topological polar surface area (TPSA) is 66.5 Å². The number of carbonyl (C=O) groups excluding carboxylic acids is 1. The molecule has 0 aromatic heterocycles. The maximum atomic E-state index is 12.8. The van der Waals surface area contributed by atoms with Crippen molar-refractivity contribution in [2.75, 3.05) is 18.4 Å². The molecule has 1 heterocycles. The molecule has 166 valence electrons. The number of rotatable bonds is 6. The van der Waals surface area contributed by atoms with Crippen molar-refractivity contribution in [3.63, 3.8) is 0 Å². The van der Waals surface area contributed by atoms with Gasteiger partial charge in [-0.3, -0.25) is 4.79 Å². The second-order valence-corrected chi connectivity index (χ2v) is 10.4. The molecule has 0 aliphatic carbocycles. The van der Waals surface area contributed by atoms with Crippen molar-refractivity contribution in [3.05, 3.63) is 83.9 Å². The summed E-state index contributed by atoms with van der Waals surface area (Å²) in [6, 6.07) is 22.1. The molecule has 0 spiro atoms. The summed E-state index contributed by atoms with van der Waals surface area (Å²) in [5.74, 6) is 0.255. The average Bonchev–Trinajstić information content (AvgIpc) is 3.36. The molecule has 0 saturated carbocycles. The third kappa shape index (κ3) is 4.76. The number of hydrogen-bond acceptors (Lipinski definition) is 3. The van der Waals surface area contributed by atoms with Crippen LogP contribution < -0.4 is 5.32 Å². The lowest BCUT2D eigenvalue weighted by Gasteiger charge is -2.15. The Balaban J connectivity index is 1.50. The van der Waals surface area contributed by atoms with E-state index in [2.05, 4.69) is 19.2 Å². The summed E-state index contributed by atoms with van der Waals surface area (Å²) in [4.78, 5) is 13.1. The first-order chi connectivity index (χ1) is 15.3. The number of nitrogens with zero attached hydrogens (tertiary/aromatic N) is 1. The predicted molar refractivity (Wildman–Crippen MR) is 128 cm³/mol. The molecule has 0 bridgehead atoms. The highest BCUT2D eigenvalue weighted by molar-refractivity contribution is 7.89. The molecule has 0 unspecified atom stereocenters. The van der Waals surface area contributed by atoms with E-state index < -0.39 is 10.0 Å². The van der Waals surface area contributed by atoms with Crippen LogP contribution in [0.3, 0.4) is 0 Å². The number of benzene rings is 3. The van der Waals surface area contributed by atoms with Crippen molar-refractivity contribution >= 4 is 21.6 Å². The number of anilines is 1. The van der Waals surface area contributed by atoms with Crippen LogP contribution in [0, 0.1) is 0 Å². The Morgan fingerprint density at radius 1 is 0.875 bits per heavy atom. The van der Waals surface area contributed by atoms with Crippen LogP contribution in [0.4, 0.5) is 5.69 Å². The molecule has 0 atom stereocenters. The molecule has 4 rings (SSSR count). The van der Waals surface area contributed by atoms with Crippen molar-refractivity contribution in [2.45, 2.75) is 37.5 Å². The third-order valence-corrected chi connectivity index (χ3v) is 7.76. The van der Waals surface area contributed by atoms with Gasteiger partial charge in [0, 0.05) is 24.3 Å². The van der Waals surface area contributed by atoms with Gasteiger partial charge in [-0.05, 0) is 71.8 Å². The van der Waals surface area contributed by atoms with Gasteiger partial charge in [0.1, 0.15) is 0 Å². The van der Waals surface area contributed by atoms with Crippen LogP contribution in [0.1, 0.15) is 48.5 Å². The van der Waals surface area contributed by atoms with E-state index in [-0.39, 0.29) is 5.91 Å². The van der Waals surface area contributed by atoms with Crippen LogP contribution in [0.5, 0.6) is 0 Å². The highest BCUT2D eigenvalue weighted by Gasteiger charge is 2.26. The van der Waals surface area contributed by atoms with Crippen molar-refractivity contribution < 1.29 is 13.2 Å². The summed E-state index contributed by atoms with van der Waals surface area (Å²) < 4.78 is 27.0. The first kappa shape index (κ1) is 22.2. The van der Waals surface area contributed by atoms with Gasteiger partial charge in [-0.15, -0.1) is 0 Å². The van der Waals surface area contributed by atoms with E-state index in [0.717, 1.165) is 29.7 Å². The molecule has 3 aromatic carbocycles. The van der Waals surface area contributed by atoms with Crippen LogP contribution in [0.25, 0.3) is 11.1 Å². The maximum absolute atomic E-state index is 12.8. The Labute approximate surface area is 190 Å². The molecule has 32 heavy (non-hydrogen) atoms. The lowest BCUT2D eigenvalue weighted by Crippen LogP contribution is -2.27. The summed E-state index contributed by atoms with van der Waals surface area (Å²) in [5, 5.41) is 2.94. The Hall–Kier alpha value is -2.96.